The van der Waals surface area contributed by atoms with Crippen molar-refractivity contribution in [3.63, 3.8) is 0 Å². The van der Waals surface area contributed by atoms with E-state index in [9.17, 15) is 8.42 Å². The van der Waals surface area contributed by atoms with Crippen LogP contribution in [0.25, 0.3) is 0 Å². The maximum Gasteiger partial charge on any atom is 0.296 e. The molecule has 5 heteroatoms. The fourth-order valence-electron chi connectivity index (χ4n) is 1.33. The second-order valence-corrected chi connectivity index (χ2v) is 6.25. The van der Waals surface area contributed by atoms with Crippen LogP contribution in [-0.4, -0.2) is 15.0 Å². The minimum atomic E-state index is -3.94. The van der Waals surface area contributed by atoms with Crippen LogP contribution in [0.1, 0.15) is 13.2 Å². The lowest BCUT2D eigenvalue weighted by molar-refractivity contribution is 0.323. The van der Waals surface area contributed by atoms with Crippen LogP contribution >= 0.6 is 11.3 Å². The molecule has 2 aromatic rings. The first kappa shape index (κ1) is 10.7. The van der Waals surface area contributed by atoms with E-state index in [1.54, 1.807) is 29.6 Å². The Bertz CT molecular complexity index is 662. The Hall–Kier alpha value is -1.17. The molecule has 3 nitrogen and oxygen atoms in total. The van der Waals surface area contributed by atoms with Gasteiger partial charge in [-0.05, 0) is 30.5 Å². The van der Waals surface area contributed by atoms with E-state index in [1.807, 2.05) is 6.92 Å². The van der Waals surface area contributed by atoms with E-state index in [0.717, 1.165) is 5.56 Å². The lowest BCUT2D eigenvalue weighted by atomic mass is 10.2. The summed E-state index contributed by atoms with van der Waals surface area (Å²) in [5, 5.41) is 1.74. The Morgan fingerprint density at radius 1 is 1.28 bits per heavy atom. The predicted molar refractivity (Wildman–Crippen MR) is 72.3 cm³/mol. The van der Waals surface area contributed by atoms with Crippen LogP contribution in [0, 0.1) is 6.92 Å². The first-order valence-corrected chi connectivity index (χ1v) is 7.60. The zero-order valence-electron chi connectivity index (χ0n) is 11.8. The first-order valence-electron chi connectivity index (χ1n) is 6.31. The van der Waals surface area contributed by atoms with Crippen molar-refractivity contribution >= 4 is 21.5 Å². The molecule has 0 fully saturated rings. The normalized spacial score (nSPS) is 14.1. The second-order valence-electron chi connectivity index (χ2n) is 3.68. The lowest BCUT2D eigenvalue weighted by Gasteiger charge is -2.05. The maximum absolute atomic E-state index is 12.0. The molecule has 0 amide bonds. The highest BCUT2D eigenvalue weighted by Gasteiger charge is 2.14. The van der Waals surface area contributed by atoms with Gasteiger partial charge in [0.1, 0.15) is 0 Å². The van der Waals surface area contributed by atoms with Crippen LogP contribution in [0.3, 0.4) is 0 Å². The Morgan fingerprint density at radius 3 is 2.61 bits per heavy atom. The Morgan fingerprint density at radius 2 is 2.00 bits per heavy atom. The summed E-state index contributed by atoms with van der Waals surface area (Å²) in [7, 11) is -3.94. The Kier molecular flexibility index (Phi) is 3.36. The largest absolute Gasteiger partial charge is 0.296 e. The van der Waals surface area contributed by atoms with E-state index in [0.29, 0.717) is 4.88 Å². The molecule has 0 aliphatic carbocycles. The van der Waals surface area contributed by atoms with Crippen LogP contribution in [0.4, 0.5) is 0 Å². The Labute approximate surface area is 114 Å². The van der Waals surface area contributed by atoms with Gasteiger partial charge in [0.15, 0.2) is 0 Å². The van der Waals surface area contributed by atoms with Gasteiger partial charge >= 0.3 is 0 Å². The van der Waals surface area contributed by atoms with Crippen molar-refractivity contribution in [2.45, 2.75) is 18.2 Å². The van der Waals surface area contributed by atoms with E-state index in [1.165, 1.54) is 23.5 Å². The number of benzene rings is 1. The van der Waals surface area contributed by atoms with Crippen molar-refractivity contribution in [2.24, 2.45) is 0 Å². The molecule has 0 spiro atoms. The molecule has 0 atom stereocenters. The summed E-state index contributed by atoms with van der Waals surface area (Å²) < 4.78 is 44.5. The van der Waals surface area contributed by atoms with Crippen molar-refractivity contribution in [3.05, 3.63) is 52.2 Å². The third kappa shape index (κ3) is 3.41. The number of hydrogen-bond donors (Lipinski definition) is 0. The molecule has 18 heavy (non-hydrogen) atoms. The van der Waals surface area contributed by atoms with E-state index < -0.39 is 23.1 Å². The van der Waals surface area contributed by atoms with E-state index >= 15 is 0 Å². The van der Waals surface area contributed by atoms with Gasteiger partial charge in [0.05, 0.1) is 11.5 Å². The third-order valence-corrected chi connectivity index (χ3v) is 4.40. The average Bonchev–Trinajstić information content (AvgIpc) is 2.92. The molecule has 1 aromatic heterocycles. The maximum atomic E-state index is 12.0. The second kappa shape index (κ2) is 5.65. The smallest absolute Gasteiger partial charge is 0.266 e. The molecule has 0 aliphatic heterocycles. The molecule has 0 aliphatic rings. The topological polar surface area (TPSA) is 43.4 Å². The van der Waals surface area contributed by atoms with Gasteiger partial charge < -0.3 is 0 Å². The molecule has 1 aromatic carbocycles. The molecule has 0 saturated carbocycles. The van der Waals surface area contributed by atoms with Crippen LogP contribution in [0.5, 0.6) is 0 Å². The summed E-state index contributed by atoms with van der Waals surface area (Å²) in [5.41, 5.74) is 0.942. The van der Waals surface area contributed by atoms with Gasteiger partial charge in [-0.2, -0.15) is 8.42 Å². The fourth-order valence-corrected chi connectivity index (χ4v) is 2.75. The standard InChI is InChI=1S/C13H14O3S2/c1-11-4-6-13(7-5-11)18(14,15)16-9-8-12-3-2-10-17-12/h2-7,10H,8-9H2,1H3/i8D2. The van der Waals surface area contributed by atoms with Crippen LogP contribution < -0.4 is 0 Å². The SMILES string of the molecule is [2H]C([2H])(COS(=O)(=O)c1ccc(C)cc1)c1cccs1. The summed E-state index contributed by atoms with van der Waals surface area (Å²) in [6, 6.07) is 9.57. The van der Waals surface area contributed by atoms with Gasteiger partial charge in [-0.1, -0.05) is 23.8 Å². The minimum absolute atomic E-state index is 0.0325. The number of thiophene rings is 1. The molecule has 1 heterocycles. The molecule has 2 rings (SSSR count). The van der Waals surface area contributed by atoms with Crippen molar-refractivity contribution in [3.8, 4) is 0 Å². The fraction of sp³-hybridized carbons (Fsp3) is 0.231. The van der Waals surface area contributed by atoms with E-state index in [2.05, 4.69) is 0 Å². The van der Waals surface area contributed by atoms with Crippen molar-refractivity contribution in [2.75, 3.05) is 6.61 Å². The van der Waals surface area contributed by atoms with Gasteiger partial charge in [-0.25, -0.2) is 0 Å². The molecular formula is C13H14O3S2. The minimum Gasteiger partial charge on any atom is -0.266 e. The lowest BCUT2D eigenvalue weighted by Crippen LogP contribution is -2.08. The van der Waals surface area contributed by atoms with Crippen molar-refractivity contribution in [1.29, 1.82) is 0 Å². The molecule has 0 N–H and O–H groups in total. The molecule has 0 saturated heterocycles. The quantitative estimate of drug-likeness (QED) is 0.793. The van der Waals surface area contributed by atoms with Crippen LogP contribution in [0.15, 0.2) is 46.7 Å². The molecular weight excluding hydrogens is 268 g/mol. The average molecular weight is 284 g/mol. The van der Waals surface area contributed by atoms with Gasteiger partial charge in [0, 0.05) is 14.0 Å². The van der Waals surface area contributed by atoms with Gasteiger partial charge in [-0.15, -0.1) is 11.3 Å². The van der Waals surface area contributed by atoms with Gasteiger partial charge in [0.2, 0.25) is 0 Å². The zero-order chi connectivity index (χ0) is 14.8. The zero-order valence-corrected chi connectivity index (χ0v) is 11.4. The summed E-state index contributed by atoms with van der Waals surface area (Å²) in [6.07, 6.45) is -1.83. The molecule has 0 bridgehead atoms. The van der Waals surface area contributed by atoms with Crippen molar-refractivity contribution in [1.82, 2.24) is 0 Å². The highest BCUT2D eigenvalue weighted by atomic mass is 32.2. The van der Waals surface area contributed by atoms with Gasteiger partial charge in [0.25, 0.3) is 10.1 Å². The van der Waals surface area contributed by atoms with Crippen LogP contribution in [-0.2, 0) is 20.7 Å². The monoisotopic (exact) mass is 284 g/mol. The van der Waals surface area contributed by atoms with E-state index in [-0.39, 0.29) is 4.90 Å². The van der Waals surface area contributed by atoms with Crippen molar-refractivity contribution < 1.29 is 15.3 Å². The molecule has 0 radical (unpaired) electrons. The number of rotatable bonds is 5. The highest BCUT2D eigenvalue weighted by molar-refractivity contribution is 7.86. The highest BCUT2D eigenvalue weighted by Crippen LogP contribution is 2.15. The van der Waals surface area contributed by atoms with E-state index in [4.69, 9.17) is 6.92 Å². The number of hydrogen-bond acceptors (Lipinski definition) is 4. The molecule has 96 valence electrons. The summed E-state index contributed by atoms with van der Waals surface area (Å²) in [6.45, 7) is 1.32. The first-order chi connectivity index (χ1) is 9.31. The summed E-state index contributed by atoms with van der Waals surface area (Å²) >= 11 is 1.23. The number of aryl methyl sites for hydroxylation is 1. The summed E-state index contributed by atoms with van der Waals surface area (Å²) in [5.74, 6) is 0. The third-order valence-electron chi connectivity index (χ3n) is 2.29. The summed E-state index contributed by atoms with van der Waals surface area (Å²) in [4.78, 5) is 0.474. The molecule has 0 unspecified atom stereocenters. The van der Waals surface area contributed by atoms with Gasteiger partial charge in [-0.3, -0.25) is 4.18 Å². The van der Waals surface area contributed by atoms with Crippen LogP contribution in [0.2, 0.25) is 0 Å². The predicted octanol–water partition coefficient (Wildman–Crippen LogP) is 3.00. The Balaban J connectivity index is 2.12.